The van der Waals surface area contributed by atoms with Crippen molar-refractivity contribution in [3.8, 4) is 22.6 Å². The lowest BCUT2D eigenvalue weighted by molar-refractivity contribution is -0.123. The fraction of sp³-hybridized carbons (Fsp3) is 0.250. The average Bonchev–Trinajstić information content (AvgIpc) is 2.92. The van der Waals surface area contributed by atoms with E-state index in [2.05, 4.69) is 39.0 Å². The number of hydrogen-bond donors (Lipinski definition) is 3. The van der Waals surface area contributed by atoms with Gasteiger partial charge in [-0.3, -0.25) is 25.8 Å². The van der Waals surface area contributed by atoms with E-state index in [0.29, 0.717) is 28.1 Å². The summed E-state index contributed by atoms with van der Waals surface area (Å²) in [6.07, 6.45) is 4.48. The van der Waals surface area contributed by atoms with Crippen molar-refractivity contribution in [3.05, 3.63) is 82.8 Å². The minimum absolute atomic E-state index is 0.0436. The first-order chi connectivity index (χ1) is 18.0. The average molecular weight is 585 g/mol. The molecule has 0 unspecified atom stereocenters. The number of carbonyl (C=O) groups is 2. The maximum Gasteiger partial charge on any atom is 0.276 e. The molecule has 0 saturated heterocycles. The van der Waals surface area contributed by atoms with Gasteiger partial charge in [0, 0.05) is 5.56 Å². The van der Waals surface area contributed by atoms with Gasteiger partial charge in [0.2, 0.25) is 0 Å². The number of amides is 2. The van der Waals surface area contributed by atoms with Gasteiger partial charge in [-0.05, 0) is 76.0 Å². The van der Waals surface area contributed by atoms with Gasteiger partial charge < -0.3 is 9.47 Å². The monoisotopic (exact) mass is 583 g/mol. The van der Waals surface area contributed by atoms with Crippen molar-refractivity contribution in [2.24, 2.45) is 0 Å². The third-order valence-corrected chi connectivity index (χ3v) is 6.15. The Bertz CT molecular complexity index is 1190. The first-order valence-electron chi connectivity index (χ1n) is 12.1. The van der Waals surface area contributed by atoms with Crippen LogP contribution in [-0.2, 0) is 4.79 Å². The highest BCUT2D eigenvalue weighted by molar-refractivity contribution is 9.10. The molecule has 0 atom stereocenters. The Morgan fingerprint density at radius 2 is 1.59 bits per heavy atom. The molecule has 3 aromatic rings. The van der Waals surface area contributed by atoms with E-state index in [0.717, 1.165) is 24.0 Å². The number of benzene rings is 3. The van der Waals surface area contributed by atoms with E-state index in [-0.39, 0.29) is 11.7 Å². The Morgan fingerprint density at radius 1 is 0.865 bits per heavy atom. The molecular weight excluding hydrogens is 554 g/mol. The van der Waals surface area contributed by atoms with Crippen LogP contribution in [0.25, 0.3) is 11.1 Å². The quantitative estimate of drug-likeness (QED) is 0.150. The van der Waals surface area contributed by atoms with Crippen molar-refractivity contribution >= 4 is 45.1 Å². The highest BCUT2D eigenvalue weighted by Gasteiger charge is 2.12. The summed E-state index contributed by atoms with van der Waals surface area (Å²) in [6, 6.07) is 22.5. The third-order valence-electron chi connectivity index (χ3n) is 5.32. The standard InChI is InChI=1S/C28H30BrN3O4S/c1-2-3-4-8-17-35-25-16-13-22(18-24(25)29)27(34)30-28(37)32-31-26(33)19-36-23-14-11-21(12-15-23)20-9-6-5-7-10-20/h5-7,9-16,18H,2-4,8,17,19H2,1H3,(H,31,33)(H2,30,32,34,37). The number of hydrogen-bond acceptors (Lipinski definition) is 5. The molecule has 37 heavy (non-hydrogen) atoms. The van der Waals surface area contributed by atoms with Gasteiger partial charge in [0.1, 0.15) is 11.5 Å². The van der Waals surface area contributed by atoms with Crippen LogP contribution in [0.15, 0.2) is 77.3 Å². The summed E-state index contributed by atoms with van der Waals surface area (Å²) in [5.74, 6) is 0.365. The molecule has 3 N–H and O–H groups in total. The molecule has 0 spiro atoms. The van der Waals surface area contributed by atoms with E-state index < -0.39 is 11.8 Å². The molecule has 3 rings (SSSR count). The summed E-state index contributed by atoms with van der Waals surface area (Å²) in [5.41, 5.74) is 7.45. The number of hydrazine groups is 1. The molecule has 7 nitrogen and oxygen atoms in total. The topological polar surface area (TPSA) is 88.7 Å². The number of rotatable bonds is 11. The minimum Gasteiger partial charge on any atom is -0.492 e. The normalized spacial score (nSPS) is 10.3. The number of carbonyl (C=O) groups excluding carboxylic acids is 2. The maximum absolute atomic E-state index is 12.5. The fourth-order valence-electron chi connectivity index (χ4n) is 3.36. The molecule has 2 amide bonds. The second-order valence-corrected chi connectivity index (χ2v) is 9.45. The summed E-state index contributed by atoms with van der Waals surface area (Å²) < 4.78 is 12.0. The van der Waals surface area contributed by atoms with Crippen LogP contribution in [0.3, 0.4) is 0 Å². The predicted octanol–water partition coefficient (Wildman–Crippen LogP) is 5.79. The van der Waals surface area contributed by atoms with Crippen LogP contribution in [0, 0.1) is 0 Å². The van der Waals surface area contributed by atoms with Gasteiger partial charge >= 0.3 is 0 Å². The maximum atomic E-state index is 12.5. The van der Waals surface area contributed by atoms with Gasteiger partial charge in [0.05, 0.1) is 11.1 Å². The molecular formula is C28H30BrN3O4S. The Hall–Kier alpha value is -3.43. The minimum atomic E-state index is -0.452. The summed E-state index contributed by atoms with van der Waals surface area (Å²) in [6.45, 7) is 2.57. The molecule has 0 aliphatic carbocycles. The van der Waals surface area contributed by atoms with Gasteiger partial charge in [-0.1, -0.05) is 68.7 Å². The Morgan fingerprint density at radius 3 is 2.30 bits per heavy atom. The van der Waals surface area contributed by atoms with Crippen LogP contribution < -0.4 is 25.6 Å². The molecule has 194 valence electrons. The van der Waals surface area contributed by atoms with Gasteiger partial charge in [-0.2, -0.15) is 0 Å². The zero-order valence-electron chi connectivity index (χ0n) is 20.6. The SMILES string of the molecule is CCCCCCOc1ccc(C(=O)NC(=S)NNC(=O)COc2ccc(-c3ccccc3)cc2)cc1Br. The second-order valence-electron chi connectivity index (χ2n) is 8.19. The number of halogens is 1. The van der Waals surface area contributed by atoms with Gasteiger partial charge in [-0.25, -0.2) is 0 Å². The van der Waals surface area contributed by atoms with E-state index in [1.54, 1.807) is 30.3 Å². The zero-order chi connectivity index (χ0) is 26.5. The van der Waals surface area contributed by atoms with Crippen molar-refractivity contribution < 1.29 is 19.1 Å². The highest BCUT2D eigenvalue weighted by Crippen LogP contribution is 2.26. The summed E-state index contributed by atoms with van der Waals surface area (Å²) in [4.78, 5) is 24.6. The van der Waals surface area contributed by atoms with E-state index in [1.807, 2.05) is 42.5 Å². The van der Waals surface area contributed by atoms with Crippen LogP contribution in [0.5, 0.6) is 11.5 Å². The molecule has 0 aromatic heterocycles. The number of ether oxygens (including phenoxy) is 2. The van der Waals surface area contributed by atoms with Crippen molar-refractivity contribution in [1.82, 2.24) is 16.2 Å². The lowest BCUT2D eigenvalue weighted by atomic mass is 10.1. The van der Waals surface area contributed by atoms with Crippen molar-refractivity contribution in [3.63, 3.8) is 0 Å². The third kappa shape index (κ3) is 9.51. The molecule has 0 bridgehead atoms. The van der Waals surface area contributed by atoms with Crippen molar-refractivity contribution in [2.45, 2.75) is 32.6 Å². The van der Waals surface area contributed by atoms with E-state index >= 15 is 0 Å². The van der Waals surface area contributed by atoms with Crippen LogP contribution >= 0.6 is 28.1 Å². The number of thiocarbonyl (C=S) groups is 1. The lowest BCUT2D eigenvalue weighted by Gasteiger charge is -2.13. The number of unbranched alkanes of at least 4 members (excludes halogenated alkanes) is 3. The molecule has 0 aliphatic rings. The highest BCUT2D eigenvalue weighted by atomic mass is 79.9. The first kappa shape index (κ1) is 28.1. The predicted molar refractivity (Wildman–Crippen MR) is 152 cm³/mol. The molecule has 3 aromatic carbocycles. The van der Waals surface area contributed by atoms with Gasteiger partial charge in [0.15, 0.2) is 11.7 Å². The van der Waals surface area contributed by atoms with Crippen LogP contribution in [-0.4, -0.2) is 30.1 Å². The van der Waals surface area contributed by atoms with E-state index in [9.17, 15) is 9.59 Å². The second kappa shape index (κ2) is 15.0. The molecule has 0 heterocycles. The first-order valence-corrected chi connectivity index (χ1v) is 13.3. The van der Waals surface area contributed by atoms with Crippen LogP contribution in [0.1, 0.15) is 43.0 Å². The van der Waals surface area contributed by atoms with Crippen LogP contribution in [0.2, 0.25) is 0 Å². The number of nitrogens with one attached hydrogen (secondary N) is 3. The molecule has 0 radical (unpaired) electrons. The van der Waals surface area contributed by atoms with Gasteiger partial charge in [-0.15, -0.1) is 0 Å². The van der Waals surface area contributed by atoms with E-state index in [4.69, 9.17) is 21.7 Å². The fourth-order valence-corrected chi connectivity index (χ4v) is 4.00. The smallest absolute Gasteiger partial charge is 0.276 e. The molecule has 0 aliphatic heterocycles. The molecule has 0 saturated carbocycles. The summed E-state index contributed by atoms with van der Waals surface area (Å²) >= 11 is 8.54. The van der Waals surface area contributed by atoms with E-state index in [1.165, 1.54) is 12.8 Å². The summed E-state index contributed by atoms with van der Waals surface area (Å²) in [7, 11) is 0. The van der Waals surface area contributed by atoms with Crippen LogP contribution in [0.4, 0.5) is 0 Å². The molecule has 0 fully saturated rings. The summed E-state index contributed by atoms with van der Waals surface area (Å²) in [5, 5.41) is 2.48. The Balaban J connectivity index is 1.38. The van der Waals surface area contributed by atoms with Crippen molar-refractivity contribution in [1.29, 1.82) is 0 Å². The zero-order valence-corrected chi connectivity index (χ0v) is 23.0. The molecule has 9 heteroatoms. The lowest BCUT2D eigenvalue weighted by Crippen LogP contribution is -2.49. The Labute approximate surface area is 231 Å². The van der Waals surface area contributed by atoms with Gasteiger partial charge in [0.25, 0.3) is 11.8 Å². The largest absolute Gasteiger partial charge is 0.492 e. The van der Waals surface area contributed by atoms with Crippen molar-refractivity contribution in [2.75, 3.05) is 13.2 Å². The Kier molecular flexibility index (Phi) is 11.4.